The molecule has 0 N–H and O–H groups in total. The standard InChI is InChI=1S/C24H26BrClF4N4O3/c25-17-18(26)21-16-20(19(17)30)31-23(37-11-24-3-1-4-33(24)7-13(27)6-24)32-22(16)34(8-15(28)29)14(10-36-21)12-2-5-35-9-12/h12-15H,1-11H2/t12?,13-,14?,24+/m1/s1. The molecule has 1 aromatic heterocycles. The number of benzene rings is 1. The number of hydrogen-bond acceptors (Lipinski definition) is 7. The summed E-state index contributed by atoms with van der Waals surface area (Å²) in [6.45, 7) is 1.54. The van der Waals surface area contributed by atoms with Crippen molar-refractivity contribution in [1.29, 1.82) is 0 Å². The Labute approximate surface area is 224 Å². The van der Waals surface area contributed by atoms with Crippen LogP contribution >= 0.6 is 27.5 Å². The van der Waals surface area contributed by atoms with Crippen molar-refractivity contribution in [2.24, 2.45) is 5.92 Å². The number of aromatic nitrogens is 2. The lowest BCUT2D eigenvalue weighted by Gasteiger charge is -2.34. The molecule has 7 nitrogen and oxygen atoms in total. The van der Waals surface area contributed by atoms with E-state index in [1.54, 1.807) is 0 Å². The van der Waals surface area contributed by atoms with Crippen LogP contribution in [0.4, 0.5) is 23.4 Å². The van der Waals surface area contributed by atoms with Crippen molar-refractivity contribution < 1.29 is 31.8 Å². The molecule has 4 atom stereocenters. The summed E-state index contributed by atoms with van der Waals surface area (Å²) in [4.78, 5) is 12.4. The molecule has 2 aromatic rings. The summed E-state index contributed by atoms with van der Waals surface area (Å²) in [5.74, 6) is -0.663. The second kappa shape index (κ2) is 9.84. The van der Waals surface area contributed by atoms with E-state index in [1.807, 2.05) is 0 Å². The first kappa shape index (κ1) is 25.6. The van der Waals surface area contributed by atoms with Gasteiger partial charge in [0.1, 0.15) is 35.7 Å². The van der Waals surface area contributed by atoms with Crippen molar-refractivity contribution in [2.75, 3.05) is 51.0 Å². The van der Waals surface area contributed by atoms with Gasteiger partial charge in [0.25, 0.3) is 6.43 Å². The molecular formula is C24H26BrClF4N4O3. The Morgan fingerprint density at radius 2 is 2.11 bits per heavy atom. The summed E-state index contributed by atoms with van der Waals surface area (Å²) in [7, 11) is 0. The minimum atomic E-state index is -2.69. The van der Waals surface area contributed by atoms with Crippen molar-refractivity contribution in [2.45, 2.75) is 49.9 Å². The van der Waals surface area contributed by atoms with Crippen molar-refractivity contribution >= 4 is 44.3 Å². The normalized spacial score (nSPS) is 29.7. The number of nitrogens with zero attached hydrogens (tertiary/aromatic N) is 4. The second-order valence-corrected chi connectivity index (χ2v) is 11.4. The third-order valence-corrected chi connectivity index (χ3v) is 9.37. The lowest BCUT2D eigenvalue weighted by molar-refractivity contribution is 0.107. The van der Waals surface area contributed by atoms with Crippen LogP contribution in [0.2, 0.25) is 5.02 Å². The van der Waals surface area contributed by atoms with Gasteiger partial charge in [-0.15, -0.1) is 0 Å². The van der Waals surface area contributed by atoms with E-state index in [4.69, 9.17) is 25.8 Å². The number of alkyl halides is 3. The molecule has 1 aromatic carbocycles. The summed E-state index contributed by atoms with van der Waals surface area (Å²) in [5, 5.41) is 0.0923. The fourth-order valence-corrected chi connectivity index (χ4v) is 6.90. The van der Waals surface area contributed by atoms with Crippen LogP contribution in [0.25, 0.3) is 10.9 Å². The minimum Gasteiger partial charge on any atom is -0.489 e. The van der Waals surface area contributed by atoms with Gasteiger partial charge in [0.15, 0.2) is 11.6 Å². The molecule has 202 valence electrons. The Kier molecular flexibility index (Phi) is 6.82. The second-order valence-electron chi connectivity index (χ2n) is 10.2. The average Bonchev–Trinajstić information content (AvgIpc) is 3.56. The van der Waals surface area contributed by atoms with Crippen molar-refractivity contribution in [1.82, 2.24) is 14.9 Å². The molecule has 0 aliphatic carbocycles. The Bertz CT molecular complexity index is 1210. The molecule has 5 heterocycles. The Morgan fingerprint density at radius 3 is 2.86 bits per heavy atom. The quantitative estimate of drug-likeness (QED) is 0.337. The monoisotopic (exact) mass is 608 g/mol. The number of anilines is 1. The maximum absolute atomic E-state index is 15.5. The smallest absolute Gasteiger partial charge is 0.319 e. The van der Waals surface area contributed by atoms with E-state index in [1.165, 1.54) is 4.90 Å². The lowest BCUT2D eigenvalue weighted by Crippen LogP contribution is -2.47. The Hall–Kier alpha value is -1.63. The maximum atomic E-state index is 15.5. The van der Waals surface area contributed by atoms with Gasteiger partial charge in [-0.1, -0.05) is 11.6 Å². The first-order chi connectivity index (χ1) is 17.8. The third kappa shape index (κ3) is 4.41. The highest BCUT2D eigenvalue weighted by Gasteiger charge is 2.49. The third-order valence-electron chi connectivity index (χ3n) is 8.03. The van der Waals surface area contributed by atoms with Crippen molar-refractivity contribution in [3.05, 3.63) is 15.3 Å². The number of halogens is 6. The van der Waals surface area contributed by atoms with Crippen LogP contribution in [-0.4, -0.2) is 85.1 Å². The van der Waals surface area contributed by atoms with Gasteiger partial charge in [0, 0.05) is 25.5 Å². The SMILES string of the molecule is Fc1c(Br)c(Cl)c2c3c(nc(OC[C@@]45CCCN4C[C@H](F)C5)nc13)N(CC(F)F)C(C1CCOC1)CO2. The number of ether oxygens (including phenoxy) is 3. The van der Waals surface area contributed by atoms with E-state index in [0.29, 0.717) is 32.6 Å². The van der Waals surface area contributed by atoms with Crippen LogP contribution in [-0.2, 0) is 4.74 Å². The highest BCUT2D eigenvalue weighted by molar-refractivity contribution is 9.10. The zero-order valence-electron chi connectivity index (χ0n) is 19.9. The molecule has 6 rings (SSSR count). The van der Waals surface area contributed by atoms with Gasteiger partial charge >= 0.3 is 6.01 Å². The molecule has 4 aliphatic heterocycles. The predicted octanol–water partition coefficient (Wildman–Crippen LogP) is 5.01. The minimum absolute atomic E-state index is 0.0238. The van der Waals surface area contributed by atoms with Gasteiger partial charge < -0.3 is 19.1 Å². The summed E-state index contributed by atoms with van der Waals surface area (Å²) < 4.78 is 75.1. The van der Waals surface area contributed by atoms with Crippen LogP contribution in [0, 0.1) is 11.7 Å². The van der Waals surface area contributed by atoms with E-state index in [2.05, 4.69) is 30.8 Å². The van der Waals surface area contributed by atoms with E-state index in [0.717, 1.165) is 19.4 Å². The molecule has 3 fully saturated rings. The predicted molar refractivity (Wildman–Crippen MR) is 132 cm³/mol. The molecule has 4 aliphatic rings. The van der Waals surface area contributed by atoms with Crippen LogP contribution in [0.3, 0.4) is 0 Å². The molecule has 0 spiro atoms. The van der Waals surface area contributed by atoms with Gasteiger partial charge in [0.2, 0.25) is 0 Å². The first-order valence-electron chi connectivity index (χ1n) is 12.4. The van der Waals surface area contributed by atoms with Crippen LogP contribution in [0.1, 0.15) is 25.7 Å². The fourth-order valence-electron chi connectivity index (χ4n) is 6.30. The largest absolute Gasteiger partial charge is 0.489 e. The number of hydrogen-bond donors (Lipinski definition) is 0. The molecule has 0 radical (unpaired) electrons. The number of rotatable bonds is 6. The molecule has 0 amide bonds. The lowest BCUT2D eigenvalue weighted by atomic mass is 9.95. The molecule has 3 saturated heterocycles. The summed E-state index contributed by atoms with van der Waals surface area (Å²) >= 11 is 9.62. The first-order valence-corrected chi connectivity index (χ1v) is 13.6. The summed E-state index contributed by atoms with van der Waals surface area (Å²) in [5.41, 5.74) is -0.629. The van der Waals surface area contributed by atoms with E-state index in [-0.39, 0.29) is 57.1 Å². The van der Waals surface area contributed by atoms with Crippen LogP contribution in [0.5, 0.6) is 11.8 Å². The van der Waals surface area contributed by atoms with E-state index in [9.17, 15) is 13.2 Å². The molecule has 0 saturated carbocycles. The zero-order chi connectivity index (χ0) is 25.9. The highest BCUT2D eigenvalue weighted by atomic mass is 79.9. The van der Waals surface area contributed by atoms with Crippen molar-refractivity contribution in [3.8, 4) is 11.8 Å². The Balaban J connectivity index is 1.46. The van der Waals surface area contributed by atoms with Gasteiger partial charge in [0.05, 0.1) is 34.6 Å². The average molecular weight is 610 g/mol. The topological polar surface area (TPSA) is 60.0 Å². The summed E-state index contributed by atoms with van der Waals surface area (Å²) in [6.07, 6.45) is -0.950. The van der Waals surface area contributed by atoms with E-state index < -0.39 is 36.5 Å². The van der Waals surface area contributed by atoms with Crippen LogP contribution < -0.4 is 14.4 Å². The van der Waals surface area contributed by atoms with Gasteiger partial charge in [-0.3, -0.25) is 4.90 Å². The molecule has 2 unspecified atom stereocenters. The molecule has 37 heavy (non-hydrogen) atoms. The fraction of sp³-hybridized carbons (Fsp3) is 0.667. The maximum Gasteiger partial charge on any atom is 0.319 e. The van der Waals surface area contributed by atoms with Gasteiger partial charge in [-0.2, -0.15) is 9.97 Å². The van der Waals surface area contributed by atoms with Gasteiger partial charge in [-0.05, 0) is 41.7 Å². The number of fused-ring (bicyclic) bond motifs is 1. The van der Waals surface area contributed by atoms with Crippen LogP contribution in [0.15, 0.2) is 4.47 Å². The Morgan fingerprint density at radius 1 is 1.27 bits per heavy atom. The molecule has 0 bridgehead atoms. The van der Waals surface area contributed by atoms with Gasteiger partial charge in [-0.25, -0.2) is 17.6 Å². The molecular weight excluding hydrogens is 584 g/mol. The van der Waals surface area contributed by atoms with E-state index >= 15 is 4.39 Å². The molecule has 13 heteroatoms. The summed E-state index contributed by atoms with van der Waals surface area (Å²) in [6, 6.07) is -0.675. The van der Waals surface area contributed by atoms with Crippen molar-refractivity contribution in [3.63, 3.8) is 0 Å². The zero-order valence-corrected chi connectivity index (χ0v) is 22.2. The highest BCUT2D eigenvalue weighted by Crippen LogP contribution is 2.48.